The van der Waals surface area contributed by atoms with E-state index in [1.807, 2.05) is 45.0 Å². The first-order valence-corrected chi connectivity index (χ1v) is 6.46. The van der Waals surface area contributed by atoms with Crippen LogP contribution in [0.4, 0.5) is 10.1 Å². The molecular weight excluding hydrogens is 257 g/mol. The largest absolute Gasteiger partial charge is 0.488 e. The Labute approximate surface area is 118 Å². The van der Waals surface area contributed by atoms with Crippen molar-refractivity contribution in [3.05, 3.63) is 47.8 Å². The Morgan fingerprint density at radius 2 is 1.85 bits per heavy atom. The van der Waals surface area contributed by atoms with E-state index in [4.69, 9.17) is 15.2 Å². The van der Waals surface area contributed by atoms with E-state index in [2.05, 4.69) is 0 Å². The average Bonchev–Trinajstić information content (AvgIpc) is 2.34. The maximum absolute atomic E-state index is 13.7. The van der Waals surface area contributed by atoms with Gasteiger partial charge in [-0.2, -0.15) is 0 Å². The number of aryl methyl sites for hydroxylation is 1. The lowest BCUT2D eigenvalue weighted by atomic mass is 10.2. The summed E-state index contributed by atoms with van der Waals surface area (Å²) in [5.74, 6) is 0.677. The normalized spacial score (nSPS) is 10.7. The lowest BCUT2D eigenvalue weighted by Crippen LogP contribution is -2.07. The first-order valence-electron chi connectivity index (χ1n) is 6.46. The number of rotatable bonds is 4. The maximum Gasteiger partial charge on any atom is 0.167 e. The zero-order valence-corrected chi connectivity index (χ0v) is 11.8. The summed E-state index contributed by atoms with van der Waals surface area (Å²) in [6, 6.07) is 10.2. The van der Waals surface area contributed by atoms with Crippen molar-refractivity contribution < 1.29 is 13.9 Å². The van der Waals surface area contributed by atoms with Crippen molar-refractivity contribution in [2.24, 2.45) is 0 Å². The van der Waals surface area contributed by atoms with Gasteiger partial charge in [0.15, 0.2) is 17.3 Å². The molecular formula is C16H18FNO2. The number of hydrogen-bond acceptors (Lipinski definition) is 3. The van der Waals surface area contributed by atoms with Gasteiger partial charge < -0.3 is 15.2 Å². The minimum Gasteiger partial charge on any atom is -0.488 e. The zero-order valence-electron chi connectivity index (χ0n) is 11.8. The quantitative estimate of drug-likeness (QED) is 0.846. The minimum atomic E-state index is -0.493. The Hall–Kier alpha value is -2.23. The van der Waals surface area contributed by atoms with Gasteiger partial charge in [0, 0.05) is 12.1 Å². The summed E-state index contributed by atoms with van der Waals surface area (Å²) in [4.78, 5) is 0. The van der Waals surface area contributed by atoms with Crippen LogP contribution in [0.5, 0.6) is 17.2 Å². The molecule has 0 spiro atoms. The van der Waals surface area contributed by atoms with E-state index in [0.29, 0.717) is 11.5 Å². The fraction of sp³-hybridized carbons (Fsp3) is 0.250. The minimum absolute atomic E-state index is 0.125. The summed E-state index contributed by atoms with van der Waals surface area (Å²) >= 11 is 0. The SMILES string of the molecule is Cc1cccc(Oc2cc(OC(C)C)c(F)cc2N)c1. The molecule has 20 heavy (non-hydrogen) atoms. The Bertz CT molecular complexity index is 611. The fourth-order valence-corrected chi connectivity index (χ4v) is 1.79. The van der Waals surface area contributed by atoms with Gasteiger partial charge in [-0.05, 0) is 38.5 Å². The van der Waals surface area contributed by atoms with Crippen molar-refractivity contribution >= 4 is 5.69 Å². The first kappa shape index (κ1) is 14.2. The summed E-state index contributed by atoms with van der Waals surface area (Å²) in [5, 5.41) is 0. The topological polar surface area (TPSA) is 44.5 Å². The predicted octanol–water partition coefficient (Wildman–Crippen LogP) is 4.30. The Morgan fingerprint density at radius 3 is 2.50 bits per heavy atom. The molecule has 0 atom stereocenters. The highest BCUT2D eigenvalue weighted by atomic mass is 19.1. The molecule has 2 rings (SSSR count). The summed E-state index contributed by atoms with van der Waals surface area (Å²) in [5.41, 5.74) is 7.09. The van der Waals surface area contributed by atoms with Crippen molar-refractivity contribution in [1.82, 2.24) is 0 Å². The van der Waals surface area contributed by atoms with Crippen molar-refractivity contribution in [2.45, 2.75) is 26.9 Å². The summed E-state index contributed by atoms with van der Waals surface area (Å²) in [6.45, 7) is 5.63. The number of ether oxygens (including phenoxy) is 2. The first-order chi connectivity index (χ1) is 9.45. The highest BCUT2D eigenvalue weighted by Crippen LogP contribution is 2.34. The molecule has 0 aliphatic heterocycles. The van der Waals surface area contributed by atoms with Gasteiger partial charge in [0.2, 0.25) is 0 Å². The van der Waals surface area contributed by atoms with Crippen LogP contribution in [-0.2, 0) is 0 Å². The Morgan fingerprint density at radius 1 is 1.10 bits per heavy atom. The molecule has 2 aromatic carbocycles. The standard InChI is InChI=1S/C16H18FNO2/c1-10(2)19-15-9-16(14(18)8-13(15)17)20-12-6-4-5-11(3)7-12/h4-10H,18H2,1-3H3. The van der Waals surface area contributed by atoms with Crippen molar-refractivity contribution in [2.75, 3.05) is 5.73 Å². The van der Waals surface area contributed by atoms with Crippen LogP contribution in [-0.4, -0.2) is 6.10 Å². The molecule has 106 valence electrons. The van der Waals surface area contributed by atoms with E-state index in [1.54, 1.807) is 0 Å². The smallest absolute Gasteiger partial charge is 0.167 e. The molecule has 0 amide bonds. The molecule has 0 saturated heterocycles. The van der Waals surface area contributed by atoms with E-state index >= 15 is 0 Å². The van der Waals surface area contributed by atoms with Gasteiger partial charge >= 0.3 is 0 Å². The lowest BCUT2D eigenvalue weighted by molar-refractivity contribution is 0.230. The van der Waals surface area contributed by atoms with Crippen LogP contribution in [0.2, 0.25) is 0 Å². The summed E-state index contributed by atoms with van der Waals surface area (Å²) in [7, 11) is 0. The number of nitrogen functional groups attached to an aromatic ring is 1. The van der Waals surface area contributed by atoms with Crippen LogP contribution in [0.1, 0.15) is 19.4 Å². The van der Waals surface area contributed by atoms with Crippen LogP contribution in [0.15, 0.2) is 36.4 Å². The predicted molar refractivity (Wildman–Crippen MR) is 77.8 cm³/mol. The molecule has 0 fully saturated rings. The molecule has 2 N–H and O–H groups in total. The molecule has 2 aromatic rings. The molecule has 0 aliphatic rings. The molecule has 0 heterocycles. The van der Waals surface area contributed by atoms with Crippen LogP contribution in [0.3, 0.4) is 0 Å². The lowest BCUT2D eigenvalue weighted by Gasteiger charge is -2.14. The van der Waals surface area contributed by atoms with Gasteiger partial charge in [-0.25, -0.2) is 4.39 Å². The van der Waals surface area contributed by atoms with E-state index in [-0.39, 0.29) is 17.5 Å². The van der Waals surface area contributed by atoms with E-state index in [0.717, 1.165) is 5.56 Å². The van der Waals surface area contributed by atoms with Crippen LogP contribution >= 0.6 is 0 Å². The average molecular weight is 275 g/mol. The molecule has 0 saturated carbocycles. The number of benzene rings is 2. The van der Waals surface area contributed by atoms with Gasteiger partial charge in [0.25, 0.3) is 0 Å². The summed E-state index contributed by atoms with van der Waals surface area (Å²) < 4.78 is 24.8. The van der Waals surface area contributed by atoms with Gasteiger partial charge in [0.1, 0.15) is 5.75 Å². The van der Waals surface area contributed by atoms with Gasteiger partial charge in [-0.3, -0.25) is 0 Å². The molecule has 4 heteroatoms. The highest BCUT2D eigenvalue weighted by molar-refractivity contribution is 5.57. The van der Waals surface area contributed by atoms with Crippen molar-refractivity contribution in [3.63, 3.8) is 0 Å². The number of halogens is 1. The summed E-state index contributed by atoms with van der Waals surface area (Å²) in [6.07, 6.45) is -0.125. The molecule has 0 aliphatic carbocycles. The number of hydrogen-bond donors (Lipinski definition) is 1. The fourth-order valence-electron chi connectivity index (χ4n) is 1.79. The molecule has 0 unspecified atom stereocenters. The number of anilines is 1. The maximum atomic E-state index is 13.7. The second-order valence-corrected chi connectivity index (χ2v) is 4.91. The van der Waals surface area contributed by atoms with Gasteiger partial charge in [0.05, 0.1) is 11.8 Å². The third-order valence-corrected chi connectivity index (χ3v) is 2.64. The third kappa shape index (κ3) is 3.41. The van der Waals surface area contributed by atoms with Crippen LogP contribution in [0.25, 0.3) is 0 Å². The van der Waals surface area contributed by atoms with Gasteiger partial charge in [-0.15, -0.1) is 0 Å². The van der Waals surface area contributed by atoms with E-state index < -0.39 is 5.82 Å². The molecule has 0 radical (unpaired) electrons. The van der Waals surface area contributed by atoms with E-state index in [9.17, 15) is 4.39 Å². The van der Waals surface area contributed by atoms with Crippen molar-refractivity contribution in [3.8, 4) is 17.2 Å². The van der Waals surface area contributed by atoms with Gasteiger partial charge in [-0.1, -0.05) is 12.1 Å². The van der Waals surface area contributed by atoms with Crippen LogP contribution < -0.4 is 15.2 Å². The van der Waals surface area contributed by atoms with Crippen molar-refractivity contribution in [1.29, 1.82) is 0 Å². The monoisotopic (exact) mass is 275 g/mol. The number of nitrogens with two attached hydrogens (primary N) is 1. The third-order valence-electron chi connectivity index (χ3n) is 2.64. The molecule has 0 bridgehead atoms. The second-order valence-electron chi connectivity index (χ2n) is 4.91. The highest BCUT2D eigenvalue weighted by Gasteiger charge is 2.12. The second kappa shape index (κ2) is 5.82. The van der Waals surface area contributed by atoms with Crippen LogP contribution in [0, 0.1) is 12.7 Å². The Kier molecular flexibility index (Phi) is 4.13. The Balaban J connectivity index is 2.31. The van der Waals surface area contributed by atoms with E-state index in [1.165, 1.54) is 12.1 Å². The molecule has 0 aromatic heterocycles. The zero-order chi connectivity index (χ0) is 14.7. The molecule has 3 nitrogen and oxygen atoms in total.